The number of aromatic nitrogens is 1. The highest BCUT2D eigenvalue weighted by molar-refractivity contribution is 7.27. The van der Waals surface area contributed by atoms with Crippen LogP contribution in [0.3, 0.4) is 0 Å². The van der Waals surface area contributed by atoms with E-state index >= 15 is 0 Å². The molecule has 3 heterocycles. The number of rotatable bonds is 0. The summed E-state index contributed by atoms with van der Waals surface area (Å²) in [6, 6.07) is 3.68. The Hall–Kier alpha value is -1.46. The molecule has 3 nitrogen and oxygen atoms in total. The van der Waals surface area contributed by atoms with Crippen LogP contribution in [0.5, 0.6) is 0 Å². The molecule has 0 fully saturated rings. The molecular formula is C12H9NO2S2. The number of hydrogen-bond acceptors (Lipinski definition) is 4. The van der Waals surface area contributed by atoms with Crippen LogP contribution in [-0.4, -0.2) is 4.98 Å². The van der Waals surface area contributed by atoms with Gasteiger partial charge in [0.05, 0.1) is 20.2 Å². The van der Waals surface area contributed by atoms with Gasteiger partial charge >= 0.3 is 0 Å². The van der Waals surface area contributed by atoms with Gasteiger partial charge in [0.2, 0.25) is 0 Å². The van der Waals surface area contributed by atoms with E-state index in [9.17, 15) is 9.59 Å². The van der Waals surface area contributed by atoms with Gasteiger partial charge in [-0.2, -0.15) is 0 Å². The Balaban J connectivity index is 2.78. The van der Waals surface area contributed by atoms with Crippen LogP contribution in [0.25, 0.3) is 20.2 Å². The van der Waals surface area contributed by atoms with Gasteiger partial charge in [-0.15, -0.1) is 22.7 Å². The van der Waals surface area contributed by atoms with Gasteiger partial charge < -0.3 is 0 Å². The molecule has 0 spiro atoms. The highest BCUT2D eigenvalue weighted by Crippen LogP contribution is 2.32. The predicted octanol–water partition coefficient (Wildman–Crippen LogP) is 2.78. The van der Waals surface area contributed by atoms with Crippen LogP contribution in [0.1, 0.15) is 9.75 Å². The van der Waals surface area contributed by atoms with Gasteiger partial charge in [0.1, 0.15) is 0 Å². The summed E-state index contributed by atoms with van der Waals surface area (Å²) in [5, 5.41) is 1.22. The molecule has 0 aromatic carbocycles. The standard InChI is InChI=1S/C12H9NO2S2/c1-5-3-7-9(16-5)10-8(4-6(2)17-10)12(15)13-11(7)14/h3-4H,1-2H3,(H,13,14,15). The smallest absolute Gasteiger partial charge is 0.259 e. The molecule has 0 saturated carbocycles. The first-order valence-corrected chi connectivity index (χ1v) is 6.76. The van der Waals surface area contributed by atoms with Crippen molar-refractivity contribution in [2.24, 2.45) is 0 Å². The summed E-state index contributed by atoms with van der Waals surface area (Å²) in [6.07, 6.45) is 0. The molecule has 0 unspecified atom stereocenters. The van der Waals surface area contributed by atoms with E-state index in [2.05, 4.69) is 4.98 Å². The molecule has 0 saturated heterocycles. The van der Waals surface area contributed by atoms with Gasteiger partial charge in [-0.25, -0.2) is 0 Å². The van der Waals surface area contributed by atoms with E-state index < -0.39 is 0 Å². The molecule has 0 aliphatic rings. The summed E-state index contributed by atoms with van der Waals surface area (Å²) < 4.78 is 1.83. The number of aromatic amines is 1. The second-order valence-electron chi connectivity index (χ2n) is 3.98. The van der Waals surface area contributed by atoms with Crippen LogP contribution < -0.4 is 11.1 Å². The summed E-state index contributed by atoms with van der Waals surface area (Å²) in [6.45, 7) is 3.93. The molecule has 0 aliphatic heterocycles. The van der Waals surface area contributed by atoms with Crippen LogP contribution in [0.2, 0.25) is 0 Å². The molecular weight excluding hydrogens is 254 g/mol. The Morgan fingerprint density at radius 1 is 0.882 bits per heavy atom. The molecule has 1 N–H and O–H groups in total. The van der Waals surface area contributed by atoms with Crippen LogP contribution in [0.15, 0.2) is 21.7 Å². The van der Waals surface area contributed by atoms with Gasteiger partial charge in [0, 0.05) is 9.75 Å². The molecule has 0 aliphatic carbocycles. The lowest BCUT2D eigenvalue weighted by Gasteiger charge is -1.80. The fourth-order valence-corrected chi connectivity index (χ4v) is 4.12. The van der Waals surface area contributed by atoms with Crippen molar-refractivity contribution in [1.82, 2.24) is 4.98 Å². The average Bonchev–Trinajstić information content (AvgIpc) is 2.79. The number of H-pyrrole nitrogens is 1. The highest BCUT2D eigenvalue weighted by Gasteiger charge is 2.10. The predicted molar refractivity (Wildman–Crippen MR) is 73.6 cm³/mol. The maximum atomic E-state index is 11.9. The Bertz CT molecular complexity index is 784. The first-order chi connectivity index (χ1) is 8.06. The van der Waals surface area contributed by atoms with E-state index in [1.54, 1.807) is 22.7 Å². The minimum atomic E-state index is -0.296. The quantitative estimate of drug-likeness (QED) is 0.678. The molecule has 3 rings (SSSR count). The van der Waals surface area contributed by atoms with Crippen molar-refractivity contribution in [3.63, 3.8) is 0 Å². The van der Waals surface area contributed by atoms with Crippen LogP contribution >= 0.6 is 22.7 Å². The third-order valence-corrected chi connectivity index (χ3v) is 4.90. The maximum Gasteiger partial charge on any atom is 0.259 e. The zero-order valence-electron chi connectivity index (χ0n) is 9.29. The van der Waals surface area contributed by atoms with Crippen LogP contribution in [0.4, 0.5) is 0 Å². The SMILES string of the molecule is Cc1cc2c(=O)[nH]c(=O)c3cc(C)sc3c2s1. The third-order valence-electron chi connectivity index (χ3n) is 2.63. The zero-order valence-corrected chi connectivity index (χ0v) is 10.9. The molecule has 3 aromatic heterocycles. The molecule has 0 amide bonds. The highest BCUT2D eigenvalue weighted by atomic mass is 32.1. The second-order valence-corrected chi connectivity index (χ2v) is 6.50. The summed E-state index contributed by atoms with van der Waals surface area (Å²) in [7, 11) is 0. The number of thiophene rings is 2. The normalized spacial score (nSPS) is 11.4. The number of nitrogens with one attached hydrogen (secondary N) is 1. The maximum absolute atomic E-state index is 11.9. The van der Waals surface area contributed by atoms with Crippen molar-refractivity contribution in [1.29, 1.82) is 0 Å². The average molecular weight is 263 g/mol. The Kier molecular flexibility index (Phi) is 2.21. The van der Waals surface area contributed by atoms with Crippen molar-refractivity contribution < 1.29 is 0 Å². The monoisotopic (exact) mass is 263 g/mol. The van der Waals surface area contributed by atoms with Gasteiger partial charge in [0.25, 0.3) is 11.1 Å². The first kappa shape index (κ1) is 10.7. The lowest BCUT2D eigenvalue weighted by Crippen LogP contribution is -2.13. The van der Waals surface area contributed by atoms with Crippen LogP contribution in [-0.2, 0) is 0 Å². The third kappa shape index (κ3) is 1.54. The molecule has 0 atom stereocenters. The van der Waals surface area contributed by atoms with Crippen molar-refractivity contribution in [2.45, 2.75) is 13.8 Å². The van der Waals surface area contributed by atoms with E-state index in [0.29, 0.717) is 10.8 Å². The Morgan fingerprint density at radius 3 is 1.71 bits per heavy atom. The summed E-state index contributed by atoms with van der Waals surface area (Å²) in [5.74, 6) is 0. The van der Waals surface area contributed by atoms with Crippen molar-refractivity contribution in [3.05, 3.63) is 42.6 Å². The lowest BCUT2D eigenvalue weighted by atomic mass is 10.3. The number of hydrogen-bond donors (Lipinski definition) is 1. The van der Waals surface area contributed by atoms with E-state index in [1.807, 2.05) is 26.0 Å². The van der Waals surface area contributed by atoms with Crippen LogP contribution in [0, 0.1) is 13.8 Å². The summed E-state index contributed by atoms with van der Waals surface area (Å²) in [5.41, 5.74) is -0.592. The van der Waals surface area contributed by atoms with Crippen molar-refractivity contribution in [2.75, 3.05) is 0 Å². The number of fused-ring (bicyclic) bond motifs is 3. The lowest BCUT2D eigenvalue weighted by molar-refractivity contribution is 1.23. The van der Waals surface area contributed by atoms with E-state index in [1.165, 1.54) is 0 Å². The minimum Gasteiger partial charge on any atom is -0.288 e. The van der Waals surface area contributed by atoms with Gasteiger partial charge in [-0.3, -0.25) is 14.6 Å². The second kappa shape index (κ2) is 3.51. The Morgan fingerprint density at radius 2 is 1.29 bits per heavy atom. The van der Waals surface area contributed by atoms with Gasteiger partial charge in [-0.1, -0.05) is 0 Å². The largest absolute Gasteiger partial charge is 0.288 e. The summed E-state index contributed by atoms with van der Waals surface area (Å²) >= 11 is 3.13. The summed E-state index contributed by atoms with van der Waals surface area (Å²) in [4.78, 5) is 28.3. The van der Waals surface area contributed by atoms with E-state index in [-0.39, 0.29) is 11.1 Å². The molecule has 3 aromatic rings. The molecule has 5 heteroatoms. The molecule has 17 heavy (non-hydrogen) atoms. The topological polar surface area (TPSA) is 49.9 Å². The first-order valence-electron chi connectivity index (χ1n) is 5.13. The molecule has 0 bridgehead atoms. The minimum absolute atomic E-state index is 0.296. The van der Waals surface area contributed by atoms with E-state index in [4.69, 9.17) is 0 Å². The Labute approximate surface area is 104 Å². The fourth-order valence-electron chi connectivity index (χ4n) is 1.94. The van der Waals surface area contributed by atoms with Crippen molar-refractivity contribution >= 4 is 42.8 Å². The number of aryl methyl sites for hydroxylation is 2. The fraction of sp³-hybridized carbons (Fsp3) is 0.167. The van der Waals surface area contributed by atoms with Crippen molar-refractivity contribution in [3.8, 4) is 0 Å². The molecule has 0 radical (unpaired) electrons. The van der Waals surface area contributed by atoms with Gasteiger partial charge in [-0.05, 0) is 26.0 Å². The molecule has 86 valence electrons. The van der Waals surface area contributed by atoms with Gasteiger partial charge in [0.15, 0.2) is 0 Å². The zero-order chi connectivity index (χ0) is 12.2. The van der Waals surface area contributed by atoms with E-state index in [0.717, 1.165) is 19.2 Å².